The third-order valence-corrected chi connectivity index (χ3v) is 4.73. The maximum atomic E-state index is 11.7. The summed E-state index contributed by atoms with van der Waals surface area (Å²) in [7, 11) is 1.51. The highest BCUT2D eigenvalue weighted by Crippen LogP contribution is 2.31. The van der Waals surface area contributed by atoms with Crippen LogP contribution >= 0.6 is 23.2 Å². The zero-order chi connectivity index (χ0) is 21.9. The Balaban J connectivity index is 1.97. The van der Waals surface area contributed by atoms with Gasteiger partial charge in [0.15, 0.2) is 11.5 Å². The fraction of sp³-hybridized carbons (Fsp3) is 0.286. The van der Waals surface area contributed by atoms with Crippen LogP contribution in [0.4, 0.5) is 0 Å². The summed E-state index contributed by atoms with van der Waals surface area (Å²) in [6.07, 6.45) is 3.13. The summed E-state index contributed by atoms with van der Waals surface area (Å²) in [4.78, 5) is 23.3. The highest BCUT2D eigenvalue weighted by atomic mass is 35.5. The van der Waals surface area contributed by atoms with Gasteiger partial charge in [-0.3, -0.25) is 9.59 Å². The standard InChI is InChI=1S/C21H23Cl2N3O4/c1-3-4-10-24-20(27)21(28)26-25-12-14-8-9-18(19(11-14)29-2)30-13-15-16(22)6-5-7-17(15)23/h5-9,11-12H,3-4,10,13H2,1-2H3,(H,24,27)(H,26,28)/b25-12-. The van der Waals surface area contributed by atoms with Gasteiger partial charge in [0.05, 0.1) is 13.3 Å². The van der Waals surface area contributed by atoms with Crippen LogP contribution in [0.1, 0.15) is 30.9 Å². The van der Waals surface area contributed by atoms with Gasteiger partial charge in [0.25, 0.3) is 0 Å². The maximum absolute atomic E-state index is 11.7. The lowest BCUT2D eigenvalue weighted by atomic mass is 10.2. The van der Waals surface area contributed by atoms with Crippen LogP contribution in [0.5, 0.6) is 11.5 Å². The number of nitrogens with zero attached hydrogens (tertiary/aromatic N) is 1. The molecule has 0 aliphatic carbocycles. The van der Waals surface area contributed by atoms with Gasteiger partial charge in [0.1, 0.15) is 6.61 Å². The number of methoxy groups -OCH3 is 1. The summed E-state index contributed by atoms with van der Waals surface area (Å²) in [5, 5.41) is 7.34. The van der Waals surface area contributed by atoms with Crippen molar-refractivity contribution in [1.82, 2.24) is 10.7 Å². The third-order valence-electron chi connectivity index (χ3n) is 4.02. The molecule has 160 valence electrons. The summed E-state index contributed by atoms with van der Waals surface area (Å²) in [5.74, 6) is -0.596. The SMILES string of the molecule is CCCCNC(=O)C(=O)N/N=C\c1ccc(OCc2c(Cl)cccc2Cl)c(OC)c1. The van der Waals surface area contributed by atoms with Crippen LogP contribution in [-0.2, 0) is 16.2 Å². The van der Waals surface area contributed by atoms with E-state index in [2.05, 4.69) is 15.8 Å². The van der Waals surface area contributed by atoms with E-state index in [4.69, 9.17) is 32.7 Å². The van der Waals surface area contributed by atoms with E-state index in [1.54, 1.807) is 36.4 Å². The number of carbonyl (C=O) groups is 2. The molecule has 2 rings (SSSR count). The van der Waals surface area contributed by atoms with Gasteiger partial charge in [-0.05, 0) is 42.3 Å². The molecule has 0 saturated heterocycles. The molecule has 0 heterocycles. The van der Waals surface area contributed by atoms with Crippen molar-refractivity contribution in [1.29, 1.82) is 0 Å². The zero-order valence-electron chi connectivity index (χ0n) is 16.7. The molecule has 0 unspecified atom stereocenters. The Bertz CT molecular complexity index is 899. The number of benzene rings is 2. The van der Waals surface area contributed by atoms with Gasteiger partial charge < -0.3 is 14.8 Å². The highest BCUT2D eigenvalue weighted by Gasteiger charge is 2.12. The number of halogens is 2. The highest BCUT2D eigenvalue weighted by molar-refractivity contribution is 6.36. The van der Waals surface area contributed by atoms with E-state index in [9.17, 15) is 9.59 Å². The van der Waals surface area contributed by atoms with Crippen molar-refractivity contribution < 1.29 is 19.1 Å². The summed E-state index contributed by atoms with van der Waals surface area (Å²) < 4.78 is 11.1. The van der Waals surface area contributed by atoms with E-state index in [0.29, 0.717) is 39.2 Å². The molecule has 7 nitrogen and oxygen atoms in total. The Hall–Kier alpha value is -2.77. The number of ether oxygens (including phenoxy) is 2. The van der Waals surface area contributed by atoms with Crippen LogP contribution in [0.15, 0.2) is 41.5 Å². The number of nitrogens with one attached hydrogen (secondary N) is 2. The predicted octanol–water partition coefficient (Wildman–Crippen LogP) is 3.95. The number of carbonyl (C=O) groups excluding carboxylic acids is 2. The van der Waals surface area contributed by atoms with Crippen LogP contribution in [0.2, 0.25) is 10.0 Å². The fourth-order valence-corrected chi connectivity index (χ4v) is 2.89. The number of amides is 2. The smallest absolute Gasteiger partial charge is 0.329 e. The van der Waals surface area contributed by atoms with Gasteiger partial charge in [0.2, 0.25) is 0 Å². The van der Waals surface area contributed by atoms with Crippen LogP contribution in [0, 0.1) is 0 Å². The Morgan fingerprint density at radius 1 is 1.10 bits per heavy atom. The number of rotatable bonds is 9. The second kappa shape index (κ2) is 12.0. The van der Waals surface area contributed by atoms with Gasteiger partial charge in [-0.25, -0.2) is 5.43 Å². The number of hydrazone groups is 1. The van der Waals surface area contributed by atoms with Gasteiger partial charge in [-0.2, -0.15) is 5.10 Å². The largest absolute Gasteiger partial charge is 0.493 e. The van der Waals surface area contributed by atoms with Crippen molar-refractivity contribution in [2.45, 2.75) is 26.4 Å². The molecule has 0 fully saturated rings. The van der Waals surface area contributed by atoms with E-state index < -0.39 is 11.8 Å². The van der Waals surface area contributed by atoms with Gasteiger partial charge in [0, 0.05) is 22.2 Å². The first-order valence-corrected chi connectivity index (χ1v) is 10.1. The van der Waals surface area contributed by atoms with Crippen molar-refractivity contribution in [2.24, 2.45) is 5.10 Å². The van der Waals surface area contributed by atoms with Crippen LogP contribution < -0.4 is 20.2 Å². The molecule has 0 atom stereocenters. The Labute approximate surface area is 185 Å². The summed E-state index contributed by atoms with van der Waals surface area (Å²) in [6, 6.07) is 10.3. The minimum atomic E-state index is -0.828. The van der Waals surface area contributed by atoms with Crippen molar-refractivity contribution in [3.63, 3.8) is 0 Å². The average Bonchev–Trinajstić information content (AvgIpc) is 2.74. The second-order valence-electron chi connectivity index (χ2n) is 6.21. The first kappa shape index (κ1) is 23.5. The number of unbranched alkanes of at least 4 members (excludes halogenated alkanes) is 1. The second-order valence-corrected chi connectivity index (χ2v) is 7.02. The minimum absolute atomic E-state index is 0.172. The summed E-state index contributed by atoms with van der Waals surface area (Å²) in [6.45, 7) is 2.61. The normalized spacial score (nSPS) is 10.7. The fourth-order valence-electron chi connectivity index (χ4n) is 2.38. The quantitative estimate of drug-likeness (QED) is 0.261. The number of hydrogen-bond donors (Lipinski definition) is 2. The Morgan fingerprint density at radius 2 is 1.83 bits per heavy atom. The first-order chi connectivity index (χ1) is 14.5. The molecule has 2 amide bonds. The lowest BCUT2D eigenvalue weighted by Crippen LogP contribution is -2.38. The zero-order valence-corrected chi connectivity index (χ0v) is 18.2. The van der Waals surface area contributed by atoms with Gasteiger partial charge >= 0.3 is 11.8 Å². The Morgan fingerprint density at radius 3 is 2.50 bits per heavy atom. The van der Waals surface area contributed by atoms with E-state index >= 15 is 0 Å². The molecule has 0 aromatic heterocycles. The molecule has 9 heteroatoms. The molecule has 0 radical (unpaired) electrons. The topological polar surface area (TPSA) is 89.0 Å². The lowest BCUT2D eigenvalue weighted by molar-refractivity contribution is -0.139. The summed E-state index contributed by atoms with van der Waals surface area (Å²) in [5.41, 5.74) is 3.50. The number of hydrogen-bond acceptors (Lipinski definition) is 5. The molecule has 2 aromatic carbocycles. The predicted molar refractivity (Wildman–Crippen MR) is 117 cm³/mol. The van der Waals surface area contributed by atoms with Crippen molar-refractivity contribution >= 4 is 41.2 Å². The molecule has 0 saturated carbocycles. The summed E-state index contributed by atoms with van der Waals surface area (Å²) >= 11 is 12.3. The van der Waals surface area contributed by atoms with Crippen LogP contribution in [0.3, 0.4) is 0 Å². The van der Waals surface area contributed by atoms with Crippen molar-refractivity contribution in [3.05, 3.63) is 57.6 Å². The molecule has 2 aromatic rings. The third kappa shape index (κ3) is 6.93. The van der Waals surface area contributed by atoms with Crippen molar-refractivity contribution in [3.8, 4) is 11.5 Å². The van der Waals surface area contributed by atoms with Crippen molar-refractivity contribution in [2.75, 3.05) is 13.7 Å². The van der Waals surface area contributed by atoms with Crippen LogP contribution in [0.25, 0.3) is 0 Å². The monoisotopic (exact) mass is 451 g/mol. The van der Waals surface area contributed by atoms with E-state index in [-0.39, 0.29) is 6.61 Å². The average molecular weight is 452 g/mol. The first-order valence-electron chi connectivity index (χ1n) is 9.31. The molecule has 0 aliphatic rings. The van der Waals surface area contributed by atoms with E-state index in [0.717, 1.165) is 12.8 Å². The van der Waals surface area contributed by atoms with E-state index in [1.807, 2.05) is 6.92 Å². The minimum Gasteiger partial charge on any atom is -0.493 e. The van der Waals surface area contributed by atoms with Gasteiger partial charge in [-0.1, -0.05) is 42.6 Å². The molecule has 0 aliphatic heterocycles. The lowest BCUT2D eigenvalue weighted by Gasteiger charge is -2.13. The molecule has 0 spiro atoms. The van der Waals surface area contributed by atoms with Gasteiger partial charge in [-0.15, -0.1) is 0 Å². The van der Waals surface area contributed by atoms with Crippen LogP contribution in [-0.4, -0.2) is 31.7 Å². The maximum Gasteiger partial charge on any atom is 0.329 e. The molecule has 30 heavy (non-hydrogen) atoms. The van der Waals surface area contributed by atoms with E-state index in [1.165, 1.54) is 13.3 Å². The molecule has 2 N–H and O–H groups in total. The Kier molecular flexibility index (Phi) is 9.44. The molecule has 0 bridgehead atoms. The molecular weight excluding hydrogens is 429 g/mol. The molecular formula is C21H23Cl2N3O4.